The van der Waals surface area contributed by atoms with Gasteiger partial charge in [0.15, 0.2) is 0 Å². The van der Waals surface area contributed by atoms with Gasteiger partial charge >= 0.3 is 0 Å². The average Bonchev–Trinajstić information content (AvgIpc) is 2.41. The van der Waals surface area contributed by atoms with Crippen LogP contribution in [0.4, 0.5) is 0 Å². The van der Waals surface area contributed by atoms with Crippen LogP contribution in [0.5, 0.6) is 5.75 Å². The lowest BCUT2D eigenvalue weighted by molar-refractivity contribution is 0.337. The average molecular weight is 496 g/mol. The molecule has 0 N–H and O–H groups in total. The van der Waals surface area contributed by atoms with E-state index in [1.807, 2.05) is 19.1 Å². The zero-order valence-electron chi connectivity index (χ0n) is 10.4. The van der Waals surface area contributed by atoms with Gasteiger partial charge in [-0.1, -0.05) is 44.0 Å². The van der Waals surface area contributed by atoms with Crippen molar-refractivity contribution in [2.45, 2.75) is 11.8 Å². The van der Waals surface area contributed by atoms with Crippen molar-refractivity contribution in [1.29, 1.82) is 0 Å². The Balaban J connectivity index is 2.39. The van der Waals surface area contributed by atoms with Crippen molar-refractivity contribution >= 4 is 54.5 Å². The fraction of sp³-hybridized carbons (Fsp3) is 0.200. The highest BCUT2D eigenvalue weighted by Gasteiger charge is 2.15. The minimum absolute atomic E-state index is 0.128. The molecule has 100 valence electrons. The first-order valence-corrected chi connectivity index (χ1v) is 8.72. The SMILES string of the molecule is CCOc1ccc(Br)cc1C(Br)c1ccc(I)cc1. The van der Waals surface area contributed by atoms with E-state index in [4.69, 9.17) is 4.74 Å². The van der Waals surface area contributed by atoms with Gasteiger partial charge in [-0.2, -0.15) is 0 Å². The quantitative estimate of drug-likeness (QED) is 0.377. The van der Waals surface area contributed by atoms with Crippen molar-refractivity contribution in [1.82, 2.24) is 0 Å². The monoisotopic (exact) mass is 494 g/mol. The summed E-state index contributed by atoms with van der Waals surface area (Å²) in [5.41, 5.74) is 2.36. The summed E-state index contributed by atoms with van der Waals surface area (Å²) in [5, 5.41) is 0. The summed E-state index contributed by atoms with van der Waals surface area (Å²) in [7, 11) is 0. The third-order valence-electron chi connectivity index (χ3n) is 2.71. The Hall–Kier alpha value is -0.0700. The molecule has 0 bridgehead atoms. The molecule has 0 saturated heterocycles. The normalized spacial score (nSPS) is 12.2. The van der Waals surface area contributed by atoms with Gasteiger partial charge < -0.3 is 4.74 Å². The summed E-state index contributed by atoms with van der Waals surface area (Å²) in [6.07, 6.45) is 0. The van der Waals surface area contributed by atoms with Gasteiger partial charge in [0.25, 0.3) is 0 Å². The Morgan fingerprint density at radius 1 is 1.16 bits per heavy atom. The molecule has 2 aromatic carbocycles. The second kappa shape index (κ2) is 7.09. The molecule has 0 heterocycles. The van der Waals surface area contributed by atoms with Gasteiger partial charge in [-0.15, -0.1) is 0 Å². The van der Waals surface area contributed by atoms with Crippen molar-refractivity contribution in [3.05, 3.63) is 61.6 Å². The van der Waals surface area contributed by atoms with Crippen LogP contribution >= 0.6 is 54.5 Å². The van der Waals surface area contributed by atoms with E-state index >= 15 is 0 Å². The summed E-state index contributed by atoms with van der Waals surface area (Å²) >= 11 is 9.61. The van der Waals surface area contributed by atoms with E-state index in [0.29, 0.717) is 6.61 Å². The Morgan fingerprint density at radius 3 is 2.47 bits per heavy atom. The van der Waals surface area contributed by atoms with Crippen molar-refractivity contribution in [2.24, 2.45) is 0 Å². The molecule has 1 nitrogen and oxygen atoms in total. The Kier molecular flexibility index (Phi) is 5.71. The van der Waals surface area contributed by atoms with Gasteiger partial charge in [0.05, 0.1) is 11.4 Å². The molecule has 4 heteroatoms. The molecular weight excluding hydrogens is 483 g/mol. The molecule has 0 radical (unpaired) electrons. The van der Waals surface area contributed by atoms with E-state index in [-0.39, 0.29) is 4.83 Å². The number of ether oxygens (including phenoxy) is 1. The lowest BCUT2D eigenvalue weighted by Crippen LogP contribution is -2.00. The van der Waals surface area contributed by atoms with Crippen LogP contribution in [-0.4, -0.2) is 6.61 Å². The first kappa shape index (κ1) is 15.3. The lowest BCUT2D eigenvalue weighted by atomic mass is 10.0. The predicted octanol–water partition coefficient (Wildman–Crippen LogP) is 5.94. The first-order chi connectivity index (χ1) is 9.11. The minimum atomic E-state index is 0.128. The number of halogens is 3. The van der Waals surface area contributed by atoms with E-state index in [0.717, 1.165) is 15.8 Å². The van der Waals surface area contributed by atoms with Crippen LogP contribution in [0, 0.1) is 3.57 Å². The van der Waals surface area contributed by atoms with Gasteiger partial charge in [0, 0.05) is 13.6 Å². The second-order valence-corrected chi connectivity index (χ2v) is 7.11. The predicted molar refractivity (Wildman–Crippen MR) is 95.2 cm³/mol. The highest BCUT2D eigenvalue weighted by molar-refractivity contribution is 14.1. The maximum atomic E-state index is 5.71. The molecule has 0 amide bonds. The molecular formula is C15H13Br2IO. The van der Waals surface area contributed by atoms with Crippen LogP contribution in [0.1, 0.15) is 22.9 Å². The van der Waals surface area contributed by atoms with E-state index in [9.17, 15) is 0 Å². The molecule has 0 aliphatic heterocycles. The Bertz CT molecular complexity index is 555. The number of benzene rings is 2. The Labute approximate surface area is 144 Å². The summed E-state index contributed by atoms with van der Waals surface area (Å²) < 4.78 is 8.00. The van der Waals surface area contributed by atoms with Crippen molar-refractivity contribution in [3.63, 3.8) is 0 Å². The minimum Gasteiger partial charge on any atom is -0.494 e. The van der Waals surface area contributed by atoms with Crippen LogP contribution in [-0.2, 0) is 0 Å². The third-order valence-corrected chi connectivity index (χ3v) is 4.94. The Morgan fingerprint density at radius 2 is 1.84 bits per heavy atom. The smallest absolute Gasteiger partial charge is 0.124 e. The van der Waals surface area contributed by atoms with E-state index in [1.54, 1.807) is 0 Å². The van der Waals surface area contributed by atoms with Crippen LogP contribution in [0.2, 0.25) is 0 Å². The molecule has 0 fully saturated rings. The molecule has 0 aromatic heterocycles. The van der Waals surface area contributed by atoms with E-state index < -0.39 is 0 Å². The highest BCUT2D eigenvalue weighted by Crippen LogP contribution is 2.38. The number of hydrogen-bond donors (Lipinski definition) is 0. The molecule has 19 heavy (non-hydrogen) atoms. The fourth-order valence-corrected chi connectivity index (χ4v) is 3.22. The maximum absolute atomic E-state index is 5.71. The van der Waals surface area contributed by atoms with Gasteiger partial charge in [0.2, 0.25) is 0 Å². The summed E-state index contributed by atoms with van der Waals surface area (Å²) in [6.45, 7) is 2.67. The van der Waals surface area contributed by atoms with Crippen LogP contribution in [0.15, 0.2) is 46.9 Å². The molecule has 0 spiro atoms. The summed E-state index contributed by atoms with van der Waals surface area (Å²) in [4.78, 5) is 0.128. The zero-order valence-corrected chi connectivity index (χ0v) is 15.7. The van der Waals surface area contributed by atoms with Crippen LogP contribution < -0.4 is 4.74 Å². The van der Waals surface area contributed by atoms with Crippen LogP contribution in [0.25, 0.3) is 0 Å². The van der Waals surface area contributed by atoms with Crippen molar-refractivity contribution in [3.8, 4) is 5.75 Å². The second-order valence-electron chi connectivity index (χ2n) is 4.03. The molecule has 0 saturated carbocycles. The van der Waals surface area contributed by atoms with Crippen molar-refractivity contribution < 1.29 is 4.74 Å². The summed E-state index contributed by atoms with van der Waals surface area (Å²) in [5.74, 6) is 0.922. The molecule has 1 unspecified atom stereocenters. The topological polar surface area (TPSA) is 9.23 Å². The van der Waals surface area contributed by atoms with E-state index in [1.165, 1.54) is 9.13 Å². The third kappa shape index (κ3) is 3.95. The molecule has 2 aromatic rings. The first-order valence-electron chi connectivity index (χ1n) is 5.93. The molecule has 2 rings (SSSR count). The van der Waals surface area contributed by atoms with Gasteiger partial charge in [0.1, 0.15) is 5.75 Å². The van der Waals surface area contributed by atoms with Crippen LogP contribution in [0.3, 0.4) is 0 Å². The molecule has 1 atom stereocenters. The van der Waals surface area contributed by atoms with Gasteiger partial charge in [-0.25, -0.2) is 0 Å². The lowest BCUT2D eigenvalue weighted by Gasteiger charge is -2.16. The number of alkyl halides is 1. The fourth-order valence-electron chi connectivity index (χ4n) is 1.82. The number of rotatable bonds is 4. The molecule has 0 aliphatic rings. The zero-order chi connectivity index (χ0) is 13.8. The van der Waals surface area contributed by atoms with E-state index in [2.05, 4.69) is 84.8 Å². The maximum Gasteiger partial charge on any atom is 0.124 e. The molecule has 0 aliphatic carbocycles. The van der Waals surface area contributed by atoms with Crippen molar-refractivity contribution in [2.75, 3.05) is 6.61 Å². The summed E-state index contributed by atoms with van der Waals surface area (Å²) in [6, 6.07) is 14.6. The number of hydrogen-bond acceptors (Lipinski definition) is 1. The highest BCUT2D eigenvalue weighted by atomic mass is 127. The van der Waals surface area contributed by atoms with Gasteiger partial charge in [-0.3, -0.25) is 0 Å². The standard InChI is InChI=1S/C15H13Br2IO/c1-2-19-14-8-5-11(16)9-13(14)15(17)10-3-6-12(18)7-4-10/h3-9,15H,2H2,1H3. The van der Waals surface area contributed by atoms with Gasteiger partial charge in [-0.05, 0) is 65.4 Å². The largest absolute Gasteiger partial charge is 0.494 e.